The van der Waals surface area contributed by atoms with E-state index in [1.54, 1.807) is 0 Å². The third kappa shape index (κ3) is 6.65. The van der Waals surface area contributed by atoms with Gasteiger partial charge in [-0.1, -0.05) is 212 Å². The fourth-order valence-electron chi connectivity index (χ4n) is 10.6. The van der Waals surface area contributed by atoms with Crippen LogP contribution in [0.4, 0.5) is 17.1 Å². The molecule has 1 aliphatic rings. The molecule has 0 radical (unpaired) electrons. The van der Waals surface area contributed by atoms with E-state index in [4.69, 9.17) is 4.42 Å². The largest absolute Gasteiger partial charge is 0.455 e. The monoisotopic (exact) mass is 853 g/mol. The first-order chi connectivity index (χ1) is 33.2. The van der Waals surface area contributed by atoms with E-state index in [1.165, 1.54) is 49.7 Å². The van der Waals surface area contributed by atoms with E-state index in [-0.39, 0.29) is 5.92 Å². The van der Waals surface area contributed by atoms with Gasteiger partial charge in [-0.05, 0) is 114 Å². The van der Waals surface area contributed by atoms with E-state index in [2.05, 4.69) is 260 Å². The zero-order chi connectivity index (χ0) is 44.3. The highest BCUT2D eigenvalue weighted by Gasteiger charge is 2.32. The zero-order valence-corrected chi connectivity index (χ0v) is 36.7. The maximum absolute atomic E-state index is 6.82. The molecule has 0 saturated heterocycles. The summed E-state index contributed by atoms with van der Waals surface area (Å²) in [4.78, 5) is 2.41. The first-order valence-electron chi connectivity index (χ1n) is 23.1. The Morgan fingerprint density at radius 2 is 0.791 bits per heavy atom. The maximum atomic E-state index is 6.82. The van der Waals surface area contributed by atoms with E-state index in [0.29, 0.717) is 0 Å². The number of para-hydroxylation sites is 2. The molecular weight excluding hydrogens is 811 g/mol. The van der Waals surface area contributed by atoms with Gasteiger partial charge in [0.15, 0.2) is 0 Å². The molecule has 1 unspecified atom stereocenters. The maximum Gasteiger partial charge on any atom is 0.143 e. The summed E-state index contributed by atoms with van der Waals surface area (Å²) in [6.07, 6.45) is 0. The molecule has 13 rings (SSSR count). The molecule has 2 nitrogen and oxygen atoms in total. The molecule has 0 bridgehead atoms. The molecular formula is C65H43NO. The minimum atomic E-state index is 0.102. The van der Waals surface area contributed by atoms with Crippen molar-refractivity contribution >= 4 is 49.8 Å². The molecule has 0 saturated carbocycles. The molecule has 0 amide bonds. The Labute approximate surface area is 390 Å². The van der Waals surface area contributed by atoms with Crippen molar-refractivity contribution in [2.45, 2.75) is 5.92 Å². The Balaban J connectivity index is 0.903. The number of anilines is 3. The number of benzene rings is 11. The Bertz CT molecular complexity index is 3780. The highest BCUT2D eigenvalue weighted by Crippen LogP contribution is 2.52. The van der Waals surface area contributed by atoms with Gasteiger partial charge >= 0.3 is 0 Å². The number of hydrogen-bond donors (Lipinski definition) is 0. The summed E-state index contributed by atoms with van der Waals surface area (Å²) in [5, 5.41) is 4.83. The third-order valence-electron chi connectivity index (χ3n) is 13.8. The number of fused-ring (bicyclic) bond motifs is 8. The predicted octanol–water partition coefficient (Wildman–Crippen LogP) is 18.0. The topological polar surface area (TPSA) is 16.4 Å². The molecule has 0 spiro atoms. The van der Waals surface area contributed by atoms with Gasteiger partial charge in [0.1, 0.15) is 11.2 Å². The molecule has 314 valence electrons. The molecule has 1 atom stereocenters. The fraction of sp³-hybridized carbons (Fsp3) is 0.0154. The molecule has 0 fully saturated rings. The lowest BCUT2D eigenvalue weighted by molar-refractivity contribution is 0.671. The molecule has 2 heteroatoms. The van der Waals surface area contributed by atoms with E-state index in [9.17, 15) is 0 Å². The summed E-state index contributed by atoms with van der Waals surface area (Å²) in [5.41, 5.74) is 20.9. The molecule has 1 aromatic heterocycles. The van der Waals surface area contributed by atoms with Crippen LogP contribution in [-0.2, 0) is 0 Å². The van der Waals surface area contributed by atoms with Gasteiger partial charge in [-0.25, -0.2) is 0 Å². The van der Waals surface area contributed by atoms with Crippen LogP contribution < -0.4 is 4.90 Å². The van der Waals surface area contributed by atoms with E-state index in [1.807, 2.05) is 0 Å². The lowest BCUT2D eigenvalue weighted by atomic mass is 9.86. The van der Waals surface area contributed by atoms with Crippen molar-refractivity contribution < 1.29 is 4.42 Å². The van der Waals surface area contributed by atoms with Gasteiger partial charge in [0.25, 0.3) is 0 Å². The number of nitrogens with zero attached hydrogens (tertiary/aromatic N) is 1. The molecule has 12 aromatic rings. The molecule has 67 heavy (non-hydrogen) atoms. The van der Waals surface area contributed by atoms with Gasteiger partial charge in [0.2, 0.25) is 0 Å². The summed E-state index contributed by atoms with van der Waals surface area (Å²) in [6, 6.07) is 92.5. The van der Waals surface area contributed by atoms with E-state index in [0.717, 1.165) is 72.4 Å². The van der Waals surface area contributed by atoms with Crippen LogP contribution in [-0.4, -0.2) is 0 Å². The summed E-state index contributed by atoms with van der Waals surface area (Å²) in [6.45, 7) is 0. The SMILES string of the molecule is c1ccc(-c2ccc(N(c3ccc(-c4cccc(-c5cccc6c5oc5c(-c7ccccc7)cccc56)c4)cc3)c3ccc4c(c3)C(c3ccccc3)c3c-4ccc4ccccc34)cc2)cc1. The van der Waals surface area contributed by atoms with Crippen LogP contribution in [0.25, 0.3) is 88.3 Å². The minimum absolute atomic E-state index is 0.102. The smallest absolute Gasteiger partial charge is 0.143 e. The standard InChI is InChI=1S/C65H43NO/c1-4-15-43(16-5-1)44-29-34-51(35-30-44)66(53-38-40-57-58-39-33-47-19-10-11-24-54(47)63(58)62(61(57)42-53)48-20-8-3-9-21-48)52-36-31-45(32-37-52)49-22-12-23-50(41-49)56-26-14-28-60-59-27-13-25-55(64(59)67-65(56)60)46-17-6-2-7-18-46/h1-42,62H. The van der Waals surface area contributed by atoms with Gasteiger partial charge in [-0.15, -0.1) is 0 Å². The van der Waals surface area contributed by atoms with Crippen molar-refractivity contribution in [1.29, 1.82) is 0 Å². The first-order valence-corrected chi connectivity index (χ1v) is 23.1. The molecule has 1 heterocycles. The zero-order valence-electron chi connectivity index (χ0n) is 36.7. The third-order valence-corrected chi connectivity index (χ3v) is 13.8. The number of rotatable bonds is 8. The van der Waals surface area contributed by atoms with Crippen molar-refractivity contribution in [3.8, 4) is 55.6 Å². The van der Waals surface area contributed by atoms with Crippen molar-refractivity contribution in [2.24, 2.45) is 0 Å². The van der Waals surface area contributed by atoms with Gasteiger partial charge in [-0.2, -0.15) is 0 Å². The van der Waals surface area contributed by atoms with Crippen LogP contribution in [0.3, 0.4) is 0 Å². The average molecular weight is 854 g/mol. The lowest BCUT2D eigenvalue weighted by Gasteiger charge is -2.27. The molecule has 11 aromatic carbocycles. The van der Waals surface area contributed by atoms with Gasteiger partial charge in [-0.3, -0.25) is 0 Å². The van der Waals surface area contributed by atoms with E-state index >= 15 is 0 Å². The highest BCUT2D eigenvalue weighted by molar-refractivity contribution is 6.13. The minimum Gasteiger partial charge on any atom is -0.455 e. The lowest BCUT2D eigenvalue weighted by Crippen LogP contribution is -2.11. The Kier molecular flexibility index (Phi) is 9.28. The van der Waals surface area contributed by atoms with Gasteiger partial charge in [0.05, 0.1) is 0 Å². The van der Waals surface area contributed by atoms with Crippen LogP contribution in [0.5, 0.6) is 0 Å². The van der Waals surface area contributed by atoms with Crippen LogP contribution >= 0.6 is 0 Å². The van der Waals surface area contributed by atoms with Crippen LogP contribution in [0.2, 0.25) is 0 Å². The van der Waals surface area contributed by atoms with Crippen LogP contribution in [0.1, 0.15) is 22.6 Å². The van der Waals surface area contributed by atoms with Crippen molar-refractivity contribution in [3.63, 3.8) is 0 Å². The Hall–Kier alpha value is -8.72. The van der Waals surface area contributed by atoms with Gasteiger partial charge < -0.3 is 9.32 Å². The van der Waals surface area contributed by atoms with Crippen LogP contribution in [0.15, 0.2) is 259 Å². The summed E-state index contributed by atoms with van der Waals surface area (Å²) in [7, 11) is 0. The Morgan fingerprint density at radius 1 is 0.299 bits per heavy atom. The second-order valence-corrected chi connectivity index (χ2v) is 17.6. The highest BCUT2D eigenvalue weighted by atomic mass is 16.3. The summed E-state index contributed by atoms with van der Waals surface area (Å²) >= 11 is 0. The molecule has 0 N–H and O–H groups in total. The summed E-state index contributed by atoms with van der Waals surface area (Å²) in [5.74, 6) is 0.102. The first kappa shape index (κ1) is 38.7. The second kappa shape index (κ2) is 16.1. The fourth-order valence-corrected chi connectivity index (χ4v) is 10.6. The molecule has 0 aliphatic heterocycles. The number of furan rings is 1. The van der Waals surface area contributed by atoms with Crippen molar-refractivity contribution in [3.05, 3.63) is 271 Å². The van der Waals surface area contributed by atoms with E-state index < -0.39 is 0 Å². The quantitative estimate of drug-likeness (QED) is 0.151. The molecule has 1 aliphatic carbocycles. The second-order valence-electron chi connectivity index (χ2n) is 17.6. The predicted molar refractivity (Wildman–Crippen MR) is 280 cm³/mol. The van der Waals surface area contributed by atoms with Gasteiger partial charge in [0, 0.05) is 44.9 Å². The number of hydrogen-bond acceptors (Lipinski definition) is 2. The summed E-state index contributed by atoms with van der Waals surface area (Å²) < 4.78 is 6.82. The van der Waals surface area contributed by atoms with Crippen molar-refractivity contribution in [1.82, 2.24) is 0 Å². The normalized spacial score (nSPS) is 12.9. The van der Waals surface area contributed by atoms with Crippen LogP contribution in [0, 0.1) is 0 Å². The average Bonchev–Trinajstić information content (AvgIpc) is 3.96. The Morgan fingerprint density at radius 3 is 1.48 bits per heavy atom. The van der Waals surface area contributed by atoms with Crippen molar-refractivity contribution in [2.75, 3.05) is 4.90 Å².